The Hall–Kier alpha value is -2.08. The summed E-state index contributed by atoms with van der Waals surface area (Å²) in [5.74, 6) is 0.305. The molecule has 4 nitrogen and oxygen atoms in total. The zero-order valence-corrected chi connectivity index (χ0v) is 12.2. The summed E-state index contributed by atoms with van der Waals surface area (Å²) in [6.45, 7) is 0. The predicted molar refractivity (Wildman–Crippen MR) is 83.6 cm³/mol. The van der Waals surface area contributed by atoms with Crippen LogP contribution in [0.1, 0.15) is 12.8 Å². The molecule has 0 saturated carbocycles. The van der Waals surface area contributed by atoms with Crippen LogP contribution >= 0.6 is 11.8 Å². The van der Waals surface area contributed by atoms with E-state index in [4.69, 9.17) is 5.73 Å². The lowest BCUT2D eigenvalue weighted by atomic mass is 10.2. The van der Waals surface area contributed by atoms with Crippen LogP contribution in [-0.2, 0) is 4.79 Å². The quantitative estimate of drug-likeness (QED) is 0.488. The largest absolute Gasteiger partial charge is 0.397 e. The number of nitrogens with zero attached hydrogens (tertiary/aromatic N) is 1. The summed E-state index contributed by atoms with van der Waals surface area (Å²) in [6.07, 6.45) is 4.63. The maximum absolute atomic E-state index is 12.9. The number of aromatic nitrogens is 1. The second kappa shape index (κ2) is 7.64. The van der Waals surface area contributed by atoms with E-state index >= 15 is 0 Å². The number of hydrogen-bond donors (Lipinski definition) is 2. The van der Waals surface area contributed by atoms with Crippen LogP contribution in [0.5, 0.6) is 0 Å². The molecule has 0 aliphatic rings. The zero-order valence-electron chi connectivity index (χ0n) is 11.4. The zero-order chi connectivity index (χ0) is 15.1. The number of carbonyl (C=O) groups excluding carboxylic acids is 1. The normalized spacial score (nSPS) is 10.3. The first-order chi connectivity index (χ1) is 10.1. The Kier molecular flexibility index (Phi) is 5.57. The number of amides is 1. The number of halogens is 1. The minimum absolute atomic E-state index is 0.122. The minimum atomic E-state index is -0.417. The van der Waals surface area contributed by atoms with Crippen molar-refractivity contribution in [1.82, 2.24) is 4.98 Å². The van der Waals surface area contributed by atoms with Gasteiger partial charge in [-0.1, -0.05) is 0 Å². The van der Waals surface area contributed by atoms with Crippen molar-refractivity contribution < 1.29 is 9.18 Å². The Morgan fingerprint density at radius 1 is 1.29 bits per heavy atom. The first-order valence-electron chi connectivity index (χ1n) is 6.53. The monoisotopic (exact) mass is 305 g/mol. The number of thioether (sulfide) groups is 1. The highest BCUT2D eigenvalue weighted by Gasteiger charge is 2.06. The molecule has 1 heterocycles. The fourth-order valence-corrected chi connectivity index (χ4v) is 2.56. The van der Waals surface area contributed by atoms with Crippen LogP contribution in [0.2, 0.25) is 0 Å². The molecule has 1 aromatic carbocycles. The van der Waals surface area contributed by atoms with Gasteiger partial charge in [0, 0.05) is 23.7 Å². The van der Waals surface area contributed by atoms with Gasteiger partial charge in [-0.05, 0) is 42.5 Å². The molecule has 0 spiro atoms. The summed E-state index contributed by atoms with van der Waals surface area (Å²) in [6, 6.07) is 7.79. The van der Waals surface area contributed by atoms with E-state index in [0.29, 0.717) is 12.1 Å². The van der Waals surface area contributed by atoms with Gasteiger partial charge < -0.3 is 11.1 Å². The van der Waals surface area contributed by atoms with Crippen LogP contribution in [0.25, 0.3) is 0 Å². The van der Waals surface area contributed by atoms with Crippen LogP contribution in [0.4, 0.5) is 15.8 Å². The average Bonchev–Trinajstić information content (AvgIpc) is 2.48. The van der Waals surface area contributed by atoms with Gasteiger partial charge in [0.2, 0.25) is 5.91 Å². The van der Waals surface area contributed by atoms with Crippen molar-refractivity contribution in [2.45, 2.75) is 17.7 Å². The first kappa shape index (κ1) is 15.3. The molecule has 0 atom stereocenters. The van der Waals surface area contributed by atoms with E-state index < -0.39 is 5.82 Å². The Morgan fingerprint density at radius 3 is 2.76 bits per heavy atom. The highest BCUT2D eigenvalue weighted by Crippen LogP contribution is 2.20. The van der Waals surface area contributed by atoms with Crippen molar-refractivity contribution in [2.24, 2.45) is 0 Å². The van der Waals surface area contributed by atoms with Crippen molar-refractivity contribution in [3.8, 4) is 0 Å². The van der Waals surface area contributed by atoms with Gasteiger partial charge in [0.1, 0.15) is 5.82 Å². The third-order valence-corrected chi connectivity index (χ3v) is 3.85. The number of nitrogens with one attached hydrogen (secondary N) is 1. The predicted octanol–water partition coefficient (Wildman–Crippen LogP) is 3.31. The first-order valence-corrected chi connectivity index (χ1v) is 7.51. The molecule has 6 heteroatoms. The molecular formula is C15H16FN3OS. The molecular weight excluding hydrogens is 289 g/mol. The van der Waals surface area contributed by atoms with E-state index in [1.54, 1.807) is 24.2 Å². The van der Waals surface area contributed by atoms with Gasteiger partial charge in [0.05, 0.1) is 11.4 Å². The van der Waals surface area contributed by atoms with Crippen LogP contribution in [0.15, 0.2) is 47.6 Å². The molecule has 0 unspecified atom stereocenters. The Morgan fingerprint density at radius 2 is 2.05 bits per heavy atom. The lowest BCUT2D eigenvalue weighted by molar-refractivity contribution is -0.116. The number of carbonyl (C=O) groups is 1. The second-order valence-corrected chi connectivity index (χ2v) is 5.58. The fraction of sp³-hybridized carbons (Fsp3) is 0.200. The molecule has 0 radical (unpaired) electrons. The number of anilines is 2. The summed E-state index contributed by atoms with van der Waals surface area (Å²) < 4.78 is 12.9. The van der Waals surface area contributed by atoms with E-state index in [1.807, 2.05) is 12.1 Å². The summed E-state index contributed by atoms with van der Waals surface area (Å²) in [4.78, 5) is 16.9. The molecule has 1 amide bonds. The fourth-order valence-electron chi connectivity index (χ4n) is 1.72. The molecule has 0 saturated heterocycles. The van der Waals surface area contributed by atoms with Crippen LogP contribution < -0.4 is 11.1 Å². The van der Waals surface area contributed by atoms with Crippen LogP contribution in [-0.4, -0.2) is 16.6 Å². The third-order valence-electron chi connectivity index (χ3n) is 2.75. The van der Waals surface area contributed by atoms with Crippen LogP contribution in [0, 0.1) is 5.82 Å². The SMILES string of the molecule is Nc1cc(F)ccc1NC(=O)CCCSc1ccncc1. The summed E-state index contributed by atoms with van der Waals surface area (Å²) in [7, 11) is 0. The molecule has 1 aromatic heterocycles. The number of pyridine rings is 1. The van der Waals surface area contributed by atoms with Crippen molar-refractivity contribution in [3.05, 3.63) is 48.5 Å². The third kappa shape index (κ3) is 5.07. The van der Waals surface area contributed by atoms with E-state index in [2.05, 4.69) is 10.3 Å². The van der Waals surface area contributed by atoms with Gasteiger partial charge in [-0.15, -0.1) is 11.8 Å². The molecule has 110 valence electrons. The molecule has 21 heavy (non-hydrogen) atoms. The molecule has 2 rings (SSSR count). The number of rotatable bonds is 6. The topological polar surface area (TPSA) is 68.0 Å². The minimum Gasteiger partial charge on any atom is -0.397 e. The van der Waals surface area contributed by atoms with Crippen molar-refractivity contribution in [3.63, 3.8) is 0 Å². The lowest BCUT2D eigenvalue weighted by Crippen LogP contribution is -2.13. The van der Waals surface area contributed by atoms with Gasteiger partial charge in [0.25, 0.3) is 0 Å². The summed E-state index contributed by atoms with van der Waals surface area (Å²) in [5, 5.41) is 2.69. The van der Waals surface area contributed by atoms with E-state index in [9.17, 15) is 9.18 Å². The van der Waals surface area contributed by atoms with Gasteiger partial charge in [0.15, 0.2) is 0 Å². The molecule has 0 bridgehead atoms. The molecule has 2 aromatic rings. The summed E-state index contributed by atoms with van der Waals surface area (Å²) in [5.41, 5.74) is 6.31. The molecule has 0 aliphatic heterocycles. The van der Waals surface area contributed by atoms with E-state index in [-0.39, 0.29) is 11.6 Å². The van der Waals surface area contributed by atoms with Crippen LogP contribution in [0.3, 0.4) is 0 Å². The van der Waals surface area contributed by atoms with Gasteiger partial charge in [-0.25, -0.2) is 4.39 Å². The molecule has 3 N–H and O–H groups in total. The van der Waals surface area contributed by atoms with Crippen molar-refractivity contribution >= 4 is 29.0 Å². The van der Waals surface area contributed by atoms with Gasteiger partial charge in [-0.2, -0.15) is 0 Å². The number of hydrogen-bond acceptors (Lipinski definition) is 4. The highest BCUT2D eigenvalue weighted by molar-refractivity contribution is 7.99. The highest BCUT2D eigenvalue weighted by atomic mass is 32.2. The average molecular weight is 305 g/mol. The number of nitrogen functional groups attached to an aromatic ring is 1. The molecule has 0 fully saturated rings. The standard InChI is InChI=1S/C15H16FN3OS/c16-11-3-4-14(13(17)10-11)19-15(20)2-1-9-21-12-5-7-18-8-6-12/h3-8,10H,1-2,9,17H2,(H,19,20). The van der Waals surface area contributed by atoms with E-state index in [0.717, 1.165) is 17.1 Å². The van der Waals surface area contributed by atoms with Crippen molar-refractivity contribution in [1.29, 1.82) is 0 Å². The van der Waals surface area contributed by atoms with E-state index in [1.165, 1.54) is 18.2 Å². The number of nitrogens with two attached hydrogens (primary N) is 1. The number of benzene rings is 1. The molecule has 0 aliphatic carbocycles. The maximum atomic E-state index is 12.9. The Bertz CT molecular complexity index is 607. The smallest absolute Gasteiger partial charge is 0.224 e. The van der Waals surface area contributed by atoms with Crippen molar-refractivity contribution in [2.75, 3.05) is 16.8 Å². The Balaban J connectivity index is 1.72. The Labute approximate surface area is 127 Å². The van der Waals surface area contributed by atoms with Gasteiger partial charge >= 0.3 is 0 Å². The second-order valence-electron chi connectivity index (χ2n) is 4.41. The summed E-state index contributed by atoms with van der Waals surface area (Å²) >= 11 is 1.68. The van der Waals surface area contributed by atoms with Gasteiger partial charge in [-0.3, -0.25) is 9.78 Å². The maximum Gasteiger partial charge on any atom is 0.224 e. The lowest BCUT2D eigenvalue weighted by Gasteiger charge is -2.08.